The zero-order chi connectivity index (χ0) is 12.5. The molecule has 0 atom stereocenters. The molecule has 0 bridgehead atoms. The highest BCUT2D eigenvalue weighted by Crippen LogP contribution is 2.13. The summed E-state index contributed by atoms with van der Waals surface area (Å²) < 4.78 is 27.5. The first-order valence-corrected chi connectivity index (χ1v) is 6.05. The third-order valence-electron chi connectivity index (χ3n) is 1.92. The predicted molar refractivity (Wildman–Crippen MR) is 60.5 cm³/mol. The Morgan fingerprint density at radius 2 is 1.94 bits per heavy atom. The van der Waals surface area contributed by atoms with E-state index in [-0.39, 0.29) is 10.8 Å². The van der Waals surface area contributed by atoms with Crippen LogP contribution in [0.15, 0.2) is 29.7 Å². The largest absolute Gasteiger partial charge is 0.368 e. The first-order chi connectivity index (χ1) is 7.97. The van der Waals surface area contributed by atoms with Crippen molar-refractivity contribution in [3.63, 3.8) is 0 Å². The Morgan fingerprint density at radius 1 is 1.29 bits per heavy atom. The number of nitrogens with two attached hydrogens (primary N) is 1. The van der Waals surface area contributed by atoms with Crippen LogP contribution >= 0.6 is 0 Å². The van der Waals surface area contributed by atoms with Crippen LogP contribution in [0.2, 0.25) is 0 Å². The molecule has 0 radical (unpaired) electrons. The average molecular weight is 254 g/mol. The molecule has 9 heteroatoms. The lowest BCUT2D eigenvalue weighted by molar-refractivity contribution is 0.600. The van der Waals surface area contributed by atoms with E-state index in [1.54, 1.807) is 7.05 Å². The first-order valence-electron chi connectivity index (χ1n) is 4.56. The lowest BCUT2D eigenvalue weighted by Crippen LogP contribution is -2.13. The lowest BCUT2D eigenvalue weighted by Gasteiger charge is -2.04. The molecule has 0 aromatic carbocycles. The predicted octanol–water partition coefficient (Wildman–Crippen LogP) is -0.407. The number of aromatic nitrogens is 4. The quantitative estimate of drug-likeness (QED) is 0.769. The summed E-state index contributed by atoms with van der Waals surface area (Å²) in [5.41, 5.74) is 5.64. The maximum atomic E-state index is 11.9. The van der Waals surface area contributed by atoms with Crippen LogP contribution in [-0.4, -0.2) is 28.2 Å². The summed E-state index contributed by atoms with van der Waals surface area (Å²) in [5.74, 6) is 0.0188. The number of hydrogen-bond donors (Lipinski definition) is 2. The summed E-state index contributed by atoms with van der Waals surface area (Å²) in [6, 6.07) is 0. The Bertz CT molecular complexity index is 618. The first kappa shape index (κ1) is 11.3. The number of nitrogen functional groups attached to an aromatic ring is 1. The monoisotopic (exact) mass is 254 g/mol. The lowest BCUT2D eigenvalue weighted by atomic mass is 10.6. The van der Waals surface area contributed by atoms with Crippen LogP contribution in [0.5, 0.6) is 0 Å². The fourth-order valence-corrected chi connectivity index (χ4v) is 2.07. The van der Waals surface area contributed by atoms with Gasteiger partial charge in [-0.2, -0.15) is 5.10 Å². The topological polar surface area (TPSA) is 116 Å². The third kappa shape index (κ3) is 2.50. The van der Waals surface area contributed by atoms with Gasteiger partial charge >= 0.3 is 0 Å². The van der Waals surface area contributed by atoms with E-state index in [4.69, 9.17) is 5.73 Å². The van der Waals surface area contributed by atoms with Gasteiger partial charge in [-0.05, 0) is 0 Å². The number of sulfonamides is 1. The van der Waals surface area contributed by atoms with Gasteiger partial charge in [-0.1, -0.05) is 0 Å². The zero-order valence-electron chi connectivity index (χ0n) is 8.90. The standard InChI is InChI=1S/C8H10N6O2S/c1-14-5-6(2-12-14)13-17(15,16)7-3-10-8(9)11-4-7/h2-5,13H,1H3,(H2,9,10,11). The Balaban J connectivity index is 2.28. The van der Waals surface area contributed by atoms with Crippen molar-refractivity contribution in [2.45, 2.75) is 4.90 Å². The Hall–Kier alpha value is -2.16. The molecule has 2 aromatic rings. The van der Waals surface area contributed by atoms with E-state index in [0.29, 0.717) is 5.69 Å². The zero-order valence-corrected chi connectivity index (χ0v) is 9.72. The summed E-state index contributed by atoms with van der Waals surface area (Å²) in [4.78, 5) is 7.18. The highest BCUT2D eigenvalue weighted by Gasteiger charge is 2.15. The van der Waals surface area contributed by atoms with Gasteiger partial charge < -0.3 is 5.73 Å². The molecule has 2 heterocycles. The maximum Gasteiger partial charge on any atom is 0.265 e. The second-order valence-electron chi connectivity index (χ2n) is 3.29. The van der Waals surface area contributed by atoms with Gasteiger partial charge in [0.05, 0.1) is 24.3 Å². The van der Waals surface area contributed by atoms with Crippen LogP contribution in [-0.2, 0) is 17.1 Å². The maximum absolute atomic E-state index is 11.9. The molecule has 2 aromatic heterocycles. The van der Waals surface area contributed by atoms with Gasteiger partial charge in [0, 0.05) is 13.2 Å². The van der Waals surface area contributed by atoms with E-state index >= 15 is 0 Å². The number of rotatable bonds is 3. The second-order valence-corrected chi connectivity index (χ2v) is 4.97. The molecule has 2 rings (SSSR count). The minimum Gasteiger partial charge on any atom is -0.368 e. The molecule has 90 valence electrons. The van der Waals surface area contributed by atoms with Crippen molar-refractivity contribution in [1.82, 2.24) is 19.7 Å². The van der Waals surface area contributed by atoms with Gasteiger partial charge in [0.2, 0.25) is 5.95 Å². The van der Waals surface area contributed by atoms with Crippen molar-refractivity contribution < 1.29 is 8.42 Å². The summed E-state index contributed by atoms with van der Waals surface area (Å²) in [5, 5.41) is 3.85. The van der Waals surface area contributed by atoms with Crippen molar-refractivity contribution in [2.75, 3.05) is 10.5 Å². The second kappa shape index (κ2) is 4.01. The van der Waals surface area contributed by atoms with Crippen LogP contribution in [0.4, 0.5) is 11.6 Å². The highest BCUT2D eigenvalue weighted by atomic mass is 32.2. The molecule has 3 N–H and O–H groups in total. The number of nitrogens with zero attached hydrogens (tertiary/aromatic N) is 4. The fraction of sp³-hybridized carbons (Fsp3) is 0.125. The van der Waals surface area contributed by atoms with E-state index in [0.717, 1.165) is 12.4 Å². The number of hydrogen-bond acceptors (Lipinski definition) is 6. The van der Waals surface area contributed by atoms with Crippen molar-refractivity contribution >= 4 is 21.7 Å². The third-order valence-corrected chi connectivity index (χ3v) is 3.25. The highest BCUT2D eigenvalue weighted by molar-refractivity contribution is 7.92. The van der Waals surface area contributed by atoms with Crippen molar-refractivity contribution in [3.05, 3.63) is 24.8 Å². The van der Waals surface area contributed by atoms with Crippen LogP contribution in [0.1, 0.15) is 0 Å². The normalized spacial score (nSPS) is 11.4. The van der Waals surface area contributed by atoms with E-state index in [9.17, 15) is 8.42 Å². The molecular weight excluding hydrogens is 244 g/mol. The Kier molecular flexibility index (Phi) is 2.68. The van der Waals surface area contributed by atoms with E-state index < -0.39 is 10.0 Å². The molecule has 0 saturated carbocycles. The summed E-state index contributed by atoms with van der Waals surface area (Å²) >= 11 is 0. The molecule has 0 spiro atoms. The number of aryl methyl sites for hydroxylation is 1. The number of anilines is 2. The van der Waals surface area contributed by atoms with Crippen LogP contribution in [0.3, 0.4) is 0 Å². The van der Waals surface area contributed by atoms with Gasteiger partial charge in [0.15, 0.2) is 0 Å². The van der Waals surface area contributed by atoms with Gasteiger partial charge in [-0.15, -0.1) is 0 Å². The molecule has 0 unspecified atom stereocenters. The molecule has 0 amide bonds. The minimum absolute atomic E-state index is 0.0188. The molecule has 0 aliphatic rings. The molecule has 0 saturated heterocycles. The molecule has 17 heavy (non-hydrogen) atoms. The van der Waals surface area contributed by atoms with Crippen LogP contribution in [0, 0.1) is 0 Å². The summed E-state index contributed by atoms with van der Waals surface area (Å²) in [6.07, 6.45) is 5.22. The summed E-state index contributed by atoms with van der Waals surface area (Å²) in [6.45, 7) is 0. The van der Waals surface area contributed by atoms with Crippen LogP contribution in [0.25, 0.3) is 0 Å². The SMILES string of the molecule is Cn1cc(NS(=O)(=O)c2cnc(N)nc2)cn1. The van der Waals surface area contributed by atoms with Crippen molar-refractivity contribution in [3.8, 4) is 0 Å². The molecule has 0 aliphatic heterocycles. The van der Waals surface area contributed by atoms with Gasteiger partial charge in [-0.25, -0.2) is 18.4 Å². The molecule has 0 fully saturated rings. The van der Waals surface area contributed by atoms with E-state index in [2.05, 4.69) is 19.8 Å². The van der Waals surface area contributed by atoms with Crippen molar-refractivity contribution in [2.24, 2.45) is 7.05 Å². The smallest absolute Gasteiger partial charge is 0.265 e. The van der Waals surface area contributed by atoms with Crippen LogP contribution < -0.4 is 10.5 Å². The summed E-state index contributed by atoms with van der Waals surface area (Å²) in [7, 11) is -2.02. The van der Waals surface area contributed by atoms with Gasteiger partial charge in [0.1, 0.15) is 4.90 Å². The Labute approximate surface area is 97.6 Å². The molecule has 8 nitrogen and oxygen atoms in total. The fourth-order valence-electron chi connectivity index (χ4n) is 1.15. The molecular formula is C8H10N6O2S. The van der Waals surface area contributed by atoms with E-state index in [1.165, 1.54) is 17.1 Å². The van der Waals surface area contributed by atoms with E-state index in [1.807, 2.05) is 0 Å². The number of nitrogens with one attached hydrogen (secondary N) is 1. The average Bonchev–Trinajstić information content (AvgIpc) is 2.63. The van der Waals surface area contributed by atoms with Gasteiger partial charge in [0.25, 0.3) is 10.0 Å². The molecule has 0 aliphatic carbocycles. The van der Waals surface area contributed by atoms with Gasteiger partial charge in [-0.3, -0.25) is 9.40 Å². The minimum atomic E-state index is -3.70. The Morgan fingerprint density at radius 3 is 2.47 bits per heavy atom. The van der Waals surface area contributed by atoms with Crippen molar-refractivity contribution in [1.29, 1.82) is 0 Å².